The number of rotatable bonds is 5. The summed E-state index contributed by atoms with van der Waals surface area (Å²) < 4.78 is 2.19. The number of hydrogen-bond donors (Lipinski definition) is 0. The molecule has 0 fully saturated rings. The number of nitrogens with zero attached hydrogens (tertiary/aromatic N) is 3. The Hall–Kier alpha value is -6.06. The van der Waals surface area contributed by atoms with Crippen LogP contribution in [0.2, 0.25) is 0 Å². The summed E-state index contributed by atoms with van der Waals surface area (Å²) in [6.07, 6.45) is 6.16. The monoisotopic (exact) mass is 629 g/mol. The van der Waals surface area contributed by atoms with E-state index in [0.717, 1.165) is 44.3 Å². The van der Waals surface area contributed by atoms with Gasteiger partial charge in [-0.2, -0.15) is 0 Å². The van der Waals surface area contributed by atoms with E-state index in [9.17, 15) is 0 Å². The second-order valence-corrected chi connectivity index (χ2v) is 13.4. The van der Waals surface area contributed by atoms with E-state index in [1.807, 2.05) is 19.1 Å². The molecule has 2 heterocycles. The first-order chi connectivity index (χ1) is 24.0. The average molecular weight is 630 g/mol. The van der Waals surface area contributed by atoms with Gasteiger partial charge in [0, 0.05) is 27.3 Å². The van der Waals surface area contributed by atoms with Crippen molar-refractivity contribution < 1.29 is 0 Å². The van der Waals surface area contributed by atoms with Gasteiger partial charge in [-0.25, -0.2) is 9.97 Å². The van der Waals surface area contributed by atoms with Crippen LogP contribution in [-0.2, 0) is 5.41 Å². The van der Waals surface area contributed by atoms with Crippen molar-refractivity contribution in [1.29, 1.82) is 0 Å². The van der Waals surface area contributed by atoms with Crippen molar-refractivity contribution in [2.45, 2.75) is 26.2 Å². The van der Waals surface area contributed by atoms with Gasteiger partial charge < -0.3 is 0 Å². The van der Waals surface area contributed by atoms with Crippen molar-refractivity contribution in [3.63, 3.8) is 0 Å². The van der Waals surface area contributed by atoms with Crippen LogP contribution in [-0.4, -0.2) is 14.5 Å². The quantitative estimate of drug-likeness (QED) is 0.190. The minimum atomic E-state index is -0.0373. The van der Waals surface area contributed by atoms with Gasteiger partial charge >= 0.3 is 0 Å². The zero-order chi connectivity index (χ0) is 33.3. The molecule has 0 saturated heterocycles. The molecule has 1 aliphatic rings. The maximum Gasteiger partial charge on any atom is 0.235 e. The third-order valence-corrected chi connectivity index (χ3v) is 10.3. The predicted octanol–water partition coefficient (Wildman–Crippen LogP) is 12.0. The fraction of sp³-hybridized carbons (Fsp3) is 0.0870. The molecule has 0 atom stereocenters. The highest BCUT2D eigenvalue weighted by molar-refractivity contribution is 6.12. The molecule has 0 spiro atoms. The van der Waals surface area contributed by atoms with Crippen LogP contribution in [0.3, 0.4) is 0 Å². The van der Waals surface area contributed by atoms with Crippen LogP contribution in [0.15, 0.2) is 140 Å². The largest absolute Gasteiger partial charge is 0.278 e. The number of allylic oxidation sites excluding steroid dienone is 1. The van der Waals surface area contributed by atoms with E-state index in [4.69, 9.17) is 9.97 Å². The van der Waals surface area contributed by atoms with Crippen LogP contribution in [0.4, 0.5) is 0 Å². The first kappa shape index (κ1) is 29.1. The summed E-state index contributed by atoms with van der Waals surface area (Å²) in [5, 5.41) is 4.56. The molecule has 49 heavy (non-hydrogen) atoms. The van der Waals surface area contributed by atoms with E-state index in [-0.39, 0.29) is 5.41 Å². The van der Waals surface area contributed by atoms with Crippen molar-refractivity contribution in [3.05, 3.63) is 162 Å². The van der Waals surface area contributed by atoms with Gasteiger partial charge in [-0.3, -0.25) is 4.57 Å². The van der Waals surface area contributed by atoms with Crippen LogP contribution in [0.5, 0.6) is 0 Å². The van der Waals surface area contributed by atoms with Crippen molar-refractivity contribution >= 4 is 44.7 Å². The van der Waals surface area contributed by atoms with E-state index in [1.165, 1.54) is 44.2 Å². The van der Waals surface area contributed by atoms with Crippen LogP contribution in [0.25, 0.3) is 84.2 Å². The third kappa shape index (κ3) is 4.36. The fourth-order valence-corrected chi connectivity index (χ4v) is 7.94. The Morgan fingerprint density at radius 2 is 1.35 bits per heavy atom. The van der Waals surface area contributed by atoms with Gasteiger partial charge in [-0.1, -0.05) is 142 Å². The second-order valence-electron chi connectivity index (χ2n) is 13.4. The molecule has 3 heteroatoms. The molecule has 2 aromatic heterocycles. The topological polar surface area (TPSA) is 30.7 Å². The first-order valence-corrected chi connectivity index (χ1v) is 16.9. The lowest BCUT2D eigenvalue weighted by Crippen LogP contribution is -2.14. The molecule has 9 rings (SSSR count). The lowest BCUT2D eigenvalue weighted by Gasteiger charge is -2.22. The number of para-hydroxylation sites is 1. The van der Waals surface area contributed by atoms with E-state index in [1.54, 1.807) is 0 Å². The van der Waals surface area contributed by atoms with Crippen LogP contribution >= 0.6 is 0 Å². The zero-order valence-corrected chi connectivity index (χ0v) is 27.9. The summed E-state index contributed by atoms with van der Waals surface area (Å²) in [6, 6.07) is 45.8. The number of fused-ring (bicyclic) bond motifs is 7. The van der Waals surface area contributed by atoms with E-state index in [2.05, 4.69) is 158 Å². The Labute approximate surface area is 286 Å². The average Bonchev–Trinajstić information content (AvgIpc) is 3.59. The summed E-state index contributed by atoms with van der Waals surface area (Å²) in [5.74, 6) is 0.639. The second kappa shape index (κ2) is 11.0. The SMILES string of the molecule is C=Cc1c(/C=C\C)n(-c2nc(-c3ccc(-c4ccc5c(c4)C(C)(C)c4ccccc4-5)cc3)c3ccccc3n2)c2ccc3ccccc3c12. The molecule has 234 valence electrons. The van der Waals surface area contributed by atoms with Crippen molar-refractivity contribution in [3.8, 4) is 39.5 Å². The van der Waals surface area contributed by atoms with E-state index >= 15 is 0 Å². The van der Waals surface area contributed by atoms with Crippen LogP contribution in [0, 0.1) is 0 Å². The fourth-order valence-electron chi connectivity index (χ4n) is 7.94. The molecule has 6 aromatic carbocycles. The summed E-state index contributed by atoms with van der Waals surface area (Å²) in [4.78, 5) is 10.5. The van der Waals surface area contributed by atoms with Gasteiger partial charge in [0.2, 0.25) is 5.95 Å². The standard InChI is InChI=1S/C46H35N3/c1-5-13-41-33(6-2)43-34-15-8-7-14-30(34)25-27-42(43)49(41)45-47-40-19-12-10-17-37(40)44(48-45)31-22-20-29(21-23-31)32-24-26-36-35-16-9-11-18-38(35)46(3,4)39(36)28-32/h5-28H,2H2,1,3-4H3/b13-5-. The Kier molecular flexibility index (Phi) is 6.53. The van der Waals surface area contributed by atoms with Crippen LogP contribution in [0.1, 0.15) is 43.2 Å². The third-order valence-electron chi connectivity index (χ3n) is 10.3. The molecule has 0 amide bonds. The molecule has 8 aromatic rings. The zero-order valence-electron chi connectivity index (χ0n) is 27.9. The highest BCUT2D eigenvalue weighted by Gasteiger charge is 2.35. The number of hydrogen-bond acceptors (Lipinski definition) is 2. The lowest BCUT2D eigenvalue weighted by atomic mass is 9.81. The van der Waals surface area contributed by atoms with Gasteiger partial charge in [-0.05, 0) is 75.4 Å². The molecule has 0 unspecified atom stereocenters. The maximum atomic E-state index is 5.34. The highest BCUT2D eigenvalue weighted by Crippen LogP contribution is 2.49. The molecular formula is C46H35N3. The van der Waals surface area contributed by atoms with E-state index < -0.39 is 0 Å². The molecule has 1 aliphatic carbocycles. The van der Waals surface area contributed by atoms with E-state index in [0.29, 0.717) is 5.95 Å². The smallest absolute Gasteiger partial charge is 0.235 e. The molecule has 0 bridgehead atoms. The number of aromatic nitrogens is 3. The Bertz CT molecular complexity index is 2650. The summed E-state index contributed by atoms with van der Waals surface area (Å²) >= 11 is 0. The Balaban J connectivity index is 1.20. The molecular weight excluding hydrogens is 595 g/mol. The number of benzene rings is 6. The van der Waals surface area contributed by atoms with Gasteiger partial charge in [0.1, 0.15) is 0 Å². The van der Waals surface area contributed by atoms with Gasteiger partial charge in [0.25, 0.3) is 0 Å². The minimum absolute atomic E-state index is 0.0373. The molecule has 0 radical (unpaired) electrons. The first-order valence-electron chi connectivity index (χ1n) is 16.9. The summed E-state index contributed by atoms with van der Waals surface area (Å²) in [5.41, 5.74) is 13.8. The minimum Gasteiger partial charge on any atom is -0.278 e. The normalized spacial score (nSPS) is 13.4. The maximum absolute atomic E-state index is 5.34. The summed E-state index contributed by atoms with van der Waals surface area (Å²) in [7, 11) is 0. The van der Waals surface area contributed by atoms with Crippen molar-refractivity contribution in [2.24, 2.45) is 0 Å². The summed E-state index contributed by atoms with van der Waals surface area (Å²) in [6.45, 7) is 10.9. The molecule has 0 saturated carbocycles. The molecule has 0 N–H and O–H groups in total. The van der Waals surface area contributed by atoms with Gasteiger partial charge in [0.15, 0.2) is 0 Å². The molecule has 0 aliphatic heterocycles. The molecule has 3 nitrogen and oxygen atoms in total. The predicted molar refractivity (Wildman–Crippen MR) is 207 cm³/mol. The highest BCUT2D eigenvalue weighted by atomic mass is 15.2. The van der Waals surface area contributed by atoms with Gasteiger partial charge in [0.05, 0.1) is 22.4 Å². The van der Waals surface area contributed by atoms with Crippen molar-refractivity contribution in [2.75, 3.05) is 0 Å². The Morgan fingerprint density at radius 1 is 0.653 bits per heavy atom. The van der Waals surface area contributed by atoms with Crippen molar-refractivity contribution in [1.82, 2.24) is 14.5 Å². The lowest BCUT2D eigenvalue weighted by molar-refractivity contribution is 0.660. The van der Waals surface area contributed by atoms with Gasteiger partial charge in [-0.15, -0.1) is 0 Å². The Morgan fingerprint density at radius 3 is 2.16 bits per heavy atom. The van der Waals surface area contributed by atoms with Crippen LogP contribution < -0.4 is 0 Å².